The minimum atomic E-state index is 0.707. The number of hydrogen-bond acceptors (Lipinski definition) is 4. The minimum absolute atomic E-state index is 0.707. The van der Waals surface area contributed by atoms with Crippen LogP contribution in [0.15, 0.2) is 54.6 Å². The van der Waals surface area contributed by atoms with Crippen molar-refractivity contribution in [3.05, 3.63) is 60.2 Å². The first-order valence-electron chi connectivity index (χ1n) is 7.49. The van der Waals surface area contributed by atoms with Crippen LogP contribution in [0.3, 0.4) is 0 Å². The molecule has 0 saturated carbocycles. The number of pyridine rings is 1. The van der Waals surface area contributed by atoms with E-state index in [-0.39, 0.29) is 0 Å². The van der Waals surface area contributed by atoms with Crippen molar-refractivity contribution in [3.63, 3.8) is 0 Å². The maximum atomic E-state index is 5.47. The second-order valence-corrected chi connectivity index (χ2v) is 5.40. The number of anilines is 1. The van der Waals surface area contributed by atoms with Crippen molar-refractivity contribution < 1.29 is 9.47 Å². The van der Waals surface area contributed by atoms with Gasteiger partial charge in [0.1, 0.15) is 17.3 Å². The highest BCUT2D eigenvalue weighted by Crippen LogP contribution is 2.27. The molecule has 4 heteroatoms. The molecule has 0 amide bonds. The summed E-state index contributed by atoms with van der Waals surface area (Å²) in [4.78, 5) is 6.83. The van der Waals surface area contributed by atoms with Crippen molar-refractivity contribution in [2.45, 2.75) is 6.54 Å². The van der Waals surface area contributed by atoms with E-state index in [9.17, 15) is 0 Å². The molecule has 1 aromatic heterocycles. The summed E-state index contributed by atoms with van der Waals surface area (Å²) >= 11 is 0. The van der Waals surface area contributed by atoms with Crippen LogP contribution in [0.5, 0.6) is 11.5 Å². The highest BCUT2D eigenvalue weighted by molar-refractivity contribution is 5.80. The first kappa shape index (κ1) is 15.2. The van der Waals surface area contributed by atoms with Crippen LogP contribution in [0.1, 0.15) is 5.56 Å². The predicted molar refractivity (Wildman–Crippen MR) is 93.4 cm³/mol. The number of nitrogens with zero attached hydrogens (tertiary/aromatic N) is 2. The molecule has 0 fully saturated rings. The van der Waals surface area contributed by atoms with Gasteiger partial charge in [0, 0.05) is 30.6 Å². The Labute approximate surface area is 136 Å². The molecular formula is C19H20N2O2. The highest BCUT2D eigenvalue weighted by Gasteiger charge is 2.10. The van der Waals surface area contributed by atoms with Gasteiger partial charge < -0.3 is 14.4 Å². The first-order chi connectivity index (χ1) is 11.2. The molecule has 1 heterocycles. The second-order valence-electron chi connectivity index (χ2n) is 5.40. The minimum Gasteiger partial charge on any atom is -0.497 e. The van der Waals surface area contributed by atoms with E-state index in [1.54, 1.807) is 14.2 Å². The lowest BCUT2D eigenvalue weighted by Gasteiger charge is -2.20. The average molecular weight is 308 g/mol. The zero-order valence-electron chi connectivity index (χ0n) is 13.6. The van der Waals surface area contributed by atoms with Crippen molar-refractivity contribution in [3.8, 4) is 11.5 Å². The Hall–Kier alpha value is -2.75. The molecular weight excluding hydrogens is 288 g/mol. The molecule has 3 aromatic rings. The fourth-order valence-corrected chi connectivity index (χ4v) is 2.59. The van der Waals surface area contributed by atoms with Crippen LogP contribution in [0.4, 0.5) is 5.82 Å². The van der Waals surface area contributed by atoms with Crippen LogP contribution in [0.25, 0.3) is 10.9 Å². The Morgan fingerprint density at radius 2 is 1.78 bits per heavy atom. The molecule has 2 aromatic carbocycles. The maximum absolute atomic E-state index is 5.47. The lowest BCUT2D eigenvalue weighted by Crippen LogP contribution is -2.18. The molecule has 0 radical (unpaired) electrons. The van der Waals surface area contributed by atoms with E-state index in [4.69, 9.17) is 14.5 Å². The molecule has 0 atom stereocenters. The van der Waals surface area contributed by atoms with Crippen molar-refractivity contribution in [2.75, 3.05) is 26.2 Å². The van der Waals surface area contributed by atoms with E-state index in [1.807, 2.05) is 49.5 Å². The standard InChI is InChI=1S/C19H20N2O2/c1-21(13-15-8-10-16(22-2)12-18(15)23-3)19-11-9-14-6-4-5-7-17(14)20-19/h4-12H,13H2,1-3H3. The van der Waals surface area contributed by atoms with Crippen LogP contribution in [-0.2, 0) is 6.54 Å². The van der Waals surface area contributed by atoms with Crippen molar-refractivity contribution >= 4 is 16.7 Å². The molecule has 4 nitrogen and oxygen atoms in total. The van der Waals surface area contributed by atoms with E-state index < -0.39 is 0 Å². The van der Waals surface area contributed by atoms with Gasteiger partial charge in [-0.1, -0.05) is 18.2 Å². The summed E-state index contributed by atoms with van der Waals surface area (Å²) in [7, 11) is 5.35. The molecule has 23 heavy (non-hydrogen) atoms. The normalized spacial score (nSPS) is 10.6. The van der Waals surface area contributed by atoms with E-state index in [0.29, 0.717) is 6.54 Å². The van der Waals surface area contributed by atoms with Crippen molar-refractivity contribution in [1.82, 2.24) is 4.98 Å². The number of fused-ring (bicyclic) bond motifs is 1. The zero-order valence-corrected chi connectivity index (χ0v) is 13.6. The Bertz CT molecular complexity index is 817. The molecule has 0 unspecified atom stereocenters. The number of hydrogen-bond donors (Lipinski definition) is 0. The van der Waals surface area contributed by atoms with E-state index in [2.05, 4.69) is 17.0 Å². The zero-order chi connectivity index (χ0) is 16.2. The van der Waals surface area contributed by atoms with Crippen molar-refractivity contribution in [1.29, 1.82) is 0 Å². The summed E-state index contributed by atoms with van der Waals surface area (Å²) in [6.07, 6.45) is 0. The predicted octanol–water partition coefficient (Wildman–Crippen LogP) is 3.89. The molecule has 0 aliphatic rings. The number of aromatic nitrogens is 1. The molecule has 0 bridgehead atoms. The summed E-state index contributed by atoms with van der Waals surface area (Å²) in [5.41, 5.74) is 2.09. The largest absolute Gasteiger partial charge is 0.497 e. The van der Waals surface area contributed by atoms with Gasteiger partial charge in [-0.3, -0.25) is 0 Å². The third kappa shape index (κ3) is 3.21. The van der Waals surface area contributed by atoms with Gasteiger partial charge in [0.15, 0.2) is 0 Å². The lowest BCUT2D eigenvalue weighted by atomic mass is 10.1. The summed E-state index contributed by atoms with van der Waals surface area (Å²) in [5.74, 6) is 2.54. The molecule has 0 aliphatic heterocycles. The van der Waals surface area contributed by atoms with Crippen LogP contribution < -0.4 is 14.4 Å². The summed E-state index contributed by atoms with van der Waals surface area (Å²) in [6.45, 7) is 0.707. The Kier molecular flexibility index (Phi) is 4.33. The van der Waals surface area contributed by atoms with Gasteiger partial charge in [-0.2, -0.15) is 0 Å². The summed E-state index contributed by atoms with van der Waals surface area (Å²) in [5, 5.41) is 1.15. The smallest absolute Gasteiger partial charge is 0.129 e. The van der Waals surface area contributed by atoms with Gasteiger partial charge in [0.05, 0.1) is 19.7 Å². The average Bonchev–Trinajstić information content (AvgIpc) is 2.61. The third-order valence-electron chi connectivity index (χ3n) is 3.88. The molecule has 0 aliphatic carbocycles. The topological polar surface area (TPSA) is 34.6 Å². The highest BCUT2D eigenvalue weighted by atomic mass is 16.5. The SMILES string of the molecule is COc1ccc(CN(C)c2ccc3ccccc3n2)c(OC)c1. The van der Waals surface area contributed by atoms with Crippen LogP contribution in [-0.4, -0.2) is 26.3 Å². The van der Waals surface area contributed by atoms with Gasteiger partial charge in [0.2, 0.25) is 0 Å². The number of benzene rings is 2. The summed E-state index contributed by atoms with van der Waals surface area (Å²) < 4.78 is 10.7. The van der Waals surface area contributed by atoms with Gasteiger partial charge in [-0.05, 0) is 30.3 Å². The van der Waals surface area contributed by atoms with Crippen LogP contribution in [0.2, 0.25) is 0 Å². The molecule has 0 saturated heterocycles. The molecule has 3 rings (SSSR count). The second kappa shape index (κ2) is 6.57. The van der Waals surface area contributed by atoms with Gasteiger partial charge in [-0.15, -0.1) is 0 Å². The molecule has 118 valence electrons. The van der Waals surface area contributed by atoms with Gasteiger partial charge in [-0.25, -0.2) is 4.98 Å². The number of ether oxygens (including phenoxy) is 2. The Morgan fingerprint density at radius 1 is 0.957 bits per heavy atom. The quantitative estimate of drug-likeness (QED) is 0.716. The number of rotatable bonds is 5. The van der Waals surface area contributed by atoms with E-state index >= 15 is 0 Å². The van der Waals surface area contributed by atoms with Gasteiger partial charge in [0.25, 0.3) is 0 Å². The first-order valence-corrected chi connectivity index (χ1v) is 7.49. The number of methoxy groups -OCH3 is 2. The van der Waals surface area contributed by atoms with Crippen molar-refractivity contribution in [2.24, 2.45) is 0 Å². The molecule has 0 N–H and O–H groups in total. The lowest BCUT2D eigenvalue weighted by molar-refractivity contribution is 0.391. The van der Waals surface area contributed by atoms with E-state index in [1.165, 1.54) is 0 Å². The maximum Gasteiger partial charge on any atom is 0.129 e. The summed E-state index contributed by atoms with van der Waals surface area (Å²) in [6, 6.07) is 18.1. The van der Waals surface area contributed by atoms with E-state index in [0.717, 1.165) is 33.8 Å². The van der Waals surface area contributed by atoms with Crippen LogP contribution >= 0.6 is 0 Å². The number of para-hydroxylation sites is 1. The fraction of sp³-hybridized carbons (Fsp3) is 0.211. The molecule has 0 spiro atoms. The van der Waals surface area contributed by atoms with Crippen LogP contribution in [0, 0.1) is 0 Å². The fourth-order valence-electron chi connectivity index (χ4n) is 2.59. The third-order valence-corrected chi connectivity index (χ3v) is 3.88. The monoisotopic (exact) mass is 308 g/mol. The van der Waals surface area contributed by atoms with Gasteiger partial charge >= 0.3 is 0 Å². The Morgan fingerprint density at radius 3 is 2.57 bits per heavy atom. The Balaban J connectivity index is 1.86.